The number of nitrogens with zero attached hydrogens (tertiary/aromatic N) is 1. The van der Waals surface area contributed by atoms with E-state index in [9.17, 15) is 9.59 Å². The molecule has 1 saturated carbocycles. The van der Waals surface area contributed by atoms with Gasteiger partial charge in [0, 0.05) is 23.5 Å². The predicted molar refractivity (Wildman–Crippen MR) is 90.4 cm³/mol. The first-order valence-electron chi connectivity index (χ1n) is 7.98. The Morgan fingerprint density at radius 3 is 2.48 bits per heavy atom. The maximum Gasteiger partial charge on any atom is 0.410 e. The summed E-state index contributed by atoms with van der Waals surface area (Å²) in [6.07, 6.45) is 3.03. The molecule has 0 unspecified atom stereocenters. The first-order valence-corrected chi connectivity index (χ1v) is 8.35. The summed E-state index contributed by atoms with van der Waals surface area (Å²) >= 11 is 5.92. The fraction of sp³-hybridized carbons (Fsp3) is 0.556. The van der Waals surface area contributed by atoms with Crippen molar-refractivity contribution in [3.63, 3.8) is 0 Å². The van der Waals surface area contributed by atoms with Crippen LogP contribution in [0.25, 0.3) is 0 Å². The summed E-state index contributed by atoms with van der Waals surface area (Å²) < 4.78 is 5.55. The summed E-state index contributed by atoms with van der Waals surface area (Å²) in [4.78, 5) is 25.4. The van der Waals surface area contributed by atoms with E-state index >= 15 is 0 Å². The van der Waals surface area contributed by atoms with Crippen LogP contribution >= 0.6 is 11.6 Å². The Morgan fingerprint density at radius 1 is 1.30 bits per heavy atom. The normalized spacial score (nSPS) is 21.0. The lowest BCUT2D eigenvalue weighted by atomic mass is 10.1. The first kappa shape index (κ1) is 17.8. The third-order valence-electron chi connectivity index (χ3n) is 3.97. The van der Waals surface area contributed by atoms with Crippen molar-refractivity contribution in [2.75, 3.05) is 0 Å². The average molecular weight is 338 g/mol. The average Bonchev–Trinajstić information content (AvgIpc) is 2.93. The minimum absolute atomic E-state index is 0.0372. The molecule has 5 heteroatoms. The summed E-state index contributed by atoms with van der Waals surface area (Å²) in [6.45, 7) is 6.03. The van der Waals surface area contributed by atoms with Crippen molar-refractivity contribution in [2.45, 2.75) is 58.2 Å². The molecule has 1 aliphatic rings. The van der Waals surface area contributed by atoms with E-state index in [2.05, 4.69) is 0 Å². The lowest BCUT2D eigenvalue weighted by molar-refractivity contribution is -0.111. The van der Waals surface area contributed by atoms with E-state index in [4.69, 9.17) is 16.3 Å². The SMILES string of the molecule is CC(C)(C)OC(=O)N(Cc1ccc(Cl)cc1)[C@@H]1CC[C@H](C=O)C1. The summed E-state index contributed by atoms with van der Waals surface area (Å²) in [7, 11) is 0. The Balaban J connectivity index is 2.15. The molecular formula is C18H24ClNO3. The molecule has 0 N–H and O–H groups in total. The molecule has 1 aliphatic carbocycles. The van der Waals surface area contributed by atoms with Crippen LogP contribution in [0.15, 0.2) is 24.3 Å². The highest BCUT2D eigenvalue weighted by atomic mass is 35.5. The van der Waals surface area contributed by atoms with Crippen molar-refractivity contribution in [1.29, 1.82) is 0 Å². The van der Waals surface area contributed by atoms with Crippen LogP contribution in [0.5, 0.6) is 0 Å². The minimum Gasteiger partial charge on any atom is -0.444 e. The van der Waals surface area contributed by atoms with Crippen LogP contribution in [0.1, 0.15) is 45.6 Å². The second kappa shape index (κ2) is 7.35. The van der Waals surface area contributed by atoms with E-state index in [1.165, 1.54) is 0 Å². The molecule has 0 saturated heterocycles. The van der Waals surface area contributed by atoms with Crippen LogP contribution in [0.3, 0.4) is 0 Å². The third kappa shape index (κ3) is 5.24. The Hall–Kier alpha value is -1.55. The molecule has 1 amide bonds. The lowest BCUT2D eigenvalue weighted by Gasteiger charge is -2.31. The van der Waals surface area contributed by atoms with E-state index in [1.54, 1.807) is 4.90 Å². The van der Waals surface area contributed by atoms with Gasteiger partial charge < -0.3 is 14.4 Å². The number of amides is 1. The predicted octanol–water partition coefficient (Wildman–Crippen LogP) is 4.44. The molecule has 1 aromatic rings. The van der Waals surface area contributed by atoms with E-state index in [-0.39, 0.29) is 18.1 Å². The summed E-state index contributed by atoms with van der Waals surface area (Å²) in [5.74, 6) is 0.0372. The van der Waals surface area contributed by atoms with Gasteiger partial charge in [0.2, 0.25) is 0 Å². The Kier molecular flexibility index (Phi) is 5.69. The largest absolute Gasteiger partial charge is 0.444 e. The zero-order valence-electron chi connectivity index (χ0n) is 13.9. The highest BCUT2D eigenvalue weighted by Gasteiger charge is 2.34. The highest BCUT2D eigenvalue weighted by molar-refractivity contribution is 6.30. The minimum atomic E-state index is -0.544. The molecular weight excluding hydrogens is 314 g/mol. The molecule has 0 radical (unpaired) electrons. The molecule has 2 atom stereocenters. The molecule has 4 nitrogen and oxygen atoms in total. The first-order chi connectivity index (χ1) is 10.8. The molecule has 0 aromatic heterocycles. The Labute approximate surface area is 142 Å². The maximum absolute atomic E-state index is 12.6. The Morgan fingerprint density at radius 2 is 1.96 bits per heavy atom. The molecule has 0 aliphatic heterocycles. The number of rotatable bonds is 4. The van der Waals surface area contributed by atoms with Crippen LogP contribution in [0.4, 0.5) is 4.79 Å². The van der Waals surface area contributed by atoms with E-state index in [1.807, 2.05) is 45.0 Å². The second-order valence-electron chi connectivity index (χ2n) is 7.10. The third-order valence-corrected chi connectivity index (χ3v) is 4.22. The number of hydrogen-bond donors (Lipinski definition) is 0. The van der Waals surface area contributed by atoms with Crippen molar-refractivity contribution < 1.29 is 14.3 Å². The maximum atomic E-state index is 12.6. The molecule has 23 heavy (non-hydrogen) atoms. The second-order valence-corrected chi connectivity index (χ2v) is 7.53. The summed E-state index contributed by atoms with van der Waals surface area (Å²) in [5.41, 5.74) is 0.452. The quantitative estimate of drug-likeness (QED) is 0.763. The van der Waals surface area contributed by atoms with Crippen LogP contribution in [0, 0.1) is 5.92 Å². The van der Waals surface area contributed by atoms with Crippen molar-refractivity contribution in [2.24, 2.45) is 5.92 Å². The van der Waals surface area contributed by atoms with Gasteiger partial charge in [0.15, 0.2) is 0 Å². The van der Waals surface area contributed by atoms with Crippen molar-refractivity contribution >= 4 is 24.0 Å². The molecule has 1 fully saturated rings. The molecule has 0 bridgehead atoms. The molecule has 126 valence electrons. The van der Waals surface area contributed by atoms with Gasteiger partial charge in [-0.2, -0.15) is 0 Å². The Bertz CT molecular complexity index is 550. The van der Waals surface area contributed by atoms with Gasteiger partial charge in [-0.25, -0.2) is 4.79 Å². The van der Waals surface area contributed by atoms with Crippen LogP contribution < -0.4 is 0 Å². The van der Waals surface area contributed by atoms with Crippen molar-refractivity contribution in [1.82, 2.24) is 4.90 Å². The van der Waals surface area contributed by atoms with Gasteiger partial charge in [0.05, 0.1) is 0 Å². The smallest absolute Gasteiger partial charge is 0.410 e. The van der Waals surface area contributed by atoms with Gasteiger partial charge in [0.25, 0.3) is 0 Å². The fourth-order valence-electron chi connectivity index (χ4n) is 2.85. The van der Waals surface area contributed by atoms with Crippen molar-refractivity contribution in [3.05, 3.63) is 34.9 Å². The molecule has 0 heterocycles. The topological polar surface area (TPSA) is 46.6 Å². The van der Waals surface area contributed by atoms with E-state index in [0.29, 0.717) is 18.0 Å². The van der Waals surface area contributed by atoms with Gasteiger partial charge in [-0.1, -0.05) is 23.7 Å². The number of ether oxygens (including phenoxy) is 1. The number of hydrogen-bond acceptors (Lipinski definition) is 3. The van der Waals surface area contributed by atoms with Crippen molar-refractivity contribution in [3.8, 4) is 0 Å². The number of aldehydes is 1. The fourth-order valence-corrected chi connectivity index (χ4v) is 2.97. The highest BCUT2D eigenvalue weighted by Crippen LogP contribution is 2.30. The number of halogens is 1. The lowest BCUT2D eigenvalue weighted by Crippen LogP contribution is -2.42. The van der Waals surface area contributed by atoms with Gasteiger partial charge in [-0.05, 0) is 57.7 Å². The monoisotopic (exact) mass is 337 g/mol. The van der Waals surface area contributed by atoms with Gasteiger partial charge >= 0.3 is 6.09 Å². The number of carbonyl (C=O) groups excluding carboxylic acids is 2. The number of benzene rings is 1. The molecule has 0 spiro atoms. The molecule has 1 aromatic carbocycles. The standard InChI is InChI=1S/C18H24ClNO3/c1-18(2,3)23-17(22)20(16-9-6-14(10-16)12-21)11-13-4-7-15(19)8-5-13/h4-5,7-8,12,14,16H,6,9-11H2,1-3H3/t14-,16+/m0/s1. The number of carbonyl (C=O) groups is 2. The van der Waals surface area contributed by atoms with Gasteiger partial charge in [-0.3, -0.25) is 0 Å². The zero-order valence-corrected chi connectivity index (χ0v) is 14.7. The van der Waals surface area contributed by atoms with Crippen LogP contribution in [-0.4, -0.2) is 28.9 Å². The van der Waals surface area contributed by atoms with Crippen LogP contribution in [-0.2, 0) is 16.1 Å². The van der Waals surface area contributed by atoms with Crippen LogP contribution in [0.2, 0.25) is 5.02 Å². The van der Waals surface area contributed by atoms with Gasteiger partial charge in [0.1, 0.15) is 11.9 Å². The van der Waals surface area contributed by atoms with E-state index < -0.39 is 5.60 Å². The summed E-state index contributed by atoms with van der Waals surface area (Å²) in [5, 5.41) is 0.666. The summed E-state index contributed by atoms with van der Waals surface area (Å²) in [6, 6.07) is 7.48. The molecule has 2 rings (SSSR count). The van der Waals surface area contributed by atoms with Gasteiger partial charge in [-0.15, -0.1) is 0 Å². The van der Waals surface area contributed by atoms with E-state index in [0.717, 1.165) is 24.7 Å². The zero-order chi connectivity index (χ0) is 17.0.